The average molecular weight is 555 g/mol. The number of fused-ring (bicyclic) bond motifs is 1. The number of rotatable bonds is 13. The van der Waals surface area contributed by atoms with E-state index >= 15 is 0 Å². The van der Waals surface area contributed by atoms with Gasteiger partial charge in [-0.15, -0.1) is 0 Å². The van der Waals surface area contributed by atoms with Gasteiger partial charge in [-0.1, -0.05) is 26.3 Å². The van der Waals surface area contributed by atoms with Gasteiger partial charge in [-0.3, -0.25) is 4.79 Å². The van der Waals surface area contributed by atoms with Crippen molar-refractivity contribution in [1.82, 2.24) is 9.47 Å². The number of hydrogen-bond donors (Lipinski definition) is 0. The van der Waals surface area contributed by atoms with Crippen molar-refractivity contribution >= 4 is 17.1 Å². The summed E-state index contributed by atoms with van der Waals surface area (Å²) in [4.78, 5) is 27.4. The third-order valence-corrected chi connectivity index (χ3v) is 7.16. The molecule has 3 rings (SSSR count). The molecule has 8 heteroatoms. The molecule has 40 heavy (non-hydrogen) atoms. The van der Waals surface area contributed by atoms with E-state index in [9.17, 15) is 9.59 Å². The van der Waals surface area contributed by atoms with E-state index in [1.807, 2.05) is 49.9 Å². The van der Waals surface area contributed by atoms with Crippen LogP contribution in [0, 0.1) is 5.92 Å². The van der Waals surface area contributed by atoms with Crippen LogP contribution in [0.25, 0.3) is 22.1 Å². The summed E-state index contributed by atoms with van der Waals surface area (Å²) in [5.41, 5.74) is 1.72. The molecule has 0 aliphatic carbocycles. The van der Waals surface area contributed by atoms with Crippen molar-refractivity contribution in [2.45, 2.75) is 78.7 Å². The van der Waals surface area contributed by atoms with Crippen LogP contribution in [-0.4, -0.2) is 48.5 Å². The normalized spacial score (nSPS) is 12.4. The van der Waals surface area contributed by atoms with Crippen molar-refractivity contribution in [3.63, 3.8) is 0 Å². The lowest BCUT2D eigenvalue weighted by Gasteiger charge is -2.27. The first-order valence-electron chi connectivity index (χ1n) is 14.3. The number of aryl methyl sites for hydroxylation is 2. The van der Waals surface area contributed by atoms with E-state index in [1.54, 1.807) is 32.0 Å². The Bertz CT molecular complexity index is 1330. The predicted octanol–water partition coefficient (Wildman–Crippen LogP) is 7.20. The highest BCUT2D eigenvalue weighted by atomic mass is 16.6. The van der Waals surface area contributed by atoms with Crippen LogP contribution in [0.5, 0.6) is 11.5 Å². The van der Waals surface area contributed by atoms with Gasteiger partial charge in [0.05, 0.1) is 19.6 Å². The molecule has 0 spiro atoms. The van der Waals surface area contributed by atoms with Crippen LogP contribution in [0.1, 0.15) is 72.5 Å². The van der Waals surface area contributed by atoms with Crippen molar-refractivity contribution < 1.29 is 23.4 Å². The molecule has 0 bridgehead atoms. The number of furan rings is 1. The number of methoxy groups -OCH3 is 2. The monoisotopic (exact) mass is 554 g/mol. The fourth-order valence-electron chi connectivity index (χ4n) is 5.00. The number of carbonyl (C=O) groups excluding carboxylic acids is 1. The van der Waals surface area contributed by atoms with Crippen molar-refractivity contribution in [3.05, 3.63) is 46.6 Å². The van der Waals surface area contributed by atoms with Crippen molar-refractivity contribution in [1.29, 1.82) is 0 Å². The van der Waals surface area contributed by atoms with Gasteiger partial charge in [-0.2, -0.15) is 0 Å². The lowest BCUT2D eigenvalue weighted by molar-refractivity contribution is 0.0244. The summed E-state index contributed by atoms with van der Waals surface area (Å²) in [7, 11) is 4.96. The van der Waals surface area contributed by atoms with E-state index in [0.29, 0.717) is 41.5 Å². The Hall–Kier alpha value is -3.42. The van der Waals surface area contributed by atoms with Crippen LogP contribution in [0.15, 0.2) is 39.7 Å². The zero-order chi connectivity index (χ0) is 29.4. The van der Waals surface area contributed by atoms with Gasteiger partial charge in [0.2, 0.25) is 0 Å². The Kier molecular flexibility index (Phi) is 10.7. The SMILES string of the molecule is CCCN(CCCC(CC)CCc1cc2c(=O)n(C)cc(-c3ccc(OC)c(OC)c3)c2o1)C(=O)OC(C)(C)C. The molecule has 2 heterocycles. The Morgan fingerprint density at radius 3 is 2.40 bits per heavy atom. The molecule has 0 N–H and O–H groups in total. The van der Waals surface area contributed by atoms with Crippen LogP contribution >= 0.6 is 0 Å². The zero-order valence-corrected chi connectivity index (χ0v) is 25.5. The number of hydrogen-bond acceptors (Lipinski definition) is 6. The number of ether oxygens (including phenoxy) is 3. The standard InChI is InChI=1S/C32H46N2O6/c1-9-17-34(31(36)40-32(3,4)5)18-11-12-22(10-2)13-15-24-20-25-29(39-24)26(21-33(6)30(25)35)23-14-16-27(37-7)28(19-23)38-8/h14,16,19-22H,9-13,15,17-18H2,1-8H3. The quantitative estimate of drug-likeness (QED) is 0.222. The van der Waals surface area contributed by atoms with Gasteiger partial charge in [-0.05, 0) is 76.1 Å². The maximum atomic E-state index is 13.0. The second-order valence-electron chi connectivity index (χ2n) is 11.4. The van der Waals surface area contributed by atoms with Gasteiger partial charge in [0, 0.05) is 38.3 Å². The van der Waals surface area contributed by atoms with E-state index in [1.165, 1.54) is 0 Å². The number of pyridine rings is 1. The summed E-state index contributed by atoms with van der Waals surface area (Å²) in [5.74, 6) is 2.55. The van der Waals surface area contributed by atoms with E-state index in [0.717, 1.165) is 55.4 Å². The fourth-order valence-corrected chi connectivity index (χ4v) is 5.00. The number of nitrogens with zero attached hydrogens (tertiary/aromatic N) is 2. The molecule has 1 amide bonds. The summed E-state index contributed by atoms with van der Waals surface area (Å²) in [6.45, 7) is 11.3. The Balaban J connectivity index is 1.72. The van der Waals surface area contributed by atoms with Gasteiger partial charge >= 0.3 is 6.09 Å². The maximum Gasteiger partial charge on any atom is 0.410 e. The topological polar surface area (TPSA) is 83.1 Å². The molecular weight excluding hydrogens is 508 g/mol. The number of amides is 1. The molecular formula is C32H46N2O6. The molecule has 1 atom stereocenters. The molecule has 3 aromatic rings. The minimum atomic E-state index is -0.498. The summed E-state index contributed by atoms with van der Waals surface area (Å²) in [5, 5.41) is 0.574. The zero-order valence-electron chi connectivity index (χ0n) is 25.5. The van der Waals surface area contributed by atoms with Crippen molar-refractivity contribution in [2.24, 2.45) is 13.0 Å². The van der Waals surface area contributed by atoms with Gasteiger partial charge < -0.3 is 28.1 Å². The summed E-state index contributed by atoms with van der Waals surface area (Å²) in [6.07, 6.45) is 7.12. The minimum Gasteiger partial charge on any atom is -0.493 e. The van der Waals surface area contributed by atoms with E-state index in [2.05, 4.69) is 13.8 Å². The first kappa shape index (κ1) is 31.1. The molecule has 0 aliphatic heterocycles. The molecule has 220 valence electrons. The molecule has 0 radical (unpaired) electrons. The van der Waals surface area contributed by atoms with Gasteiger partial charge in [0.25, 0.3) is 5.56 Å². The van der Waals surface area contributed by atoms with Gasteiger partial charge in [-0.25, -0.2) is 4.79 Å². The van der Waals surface area contributed by atoms with Crippen molar-refractivity contribution in [3.8, 4) is 22.6 Å². The van der Waals surface area contributed by atoms with E-state index in [-0.39, 0.29) is 11.7 Å². The van der Waals surface area contributed by atoms with E-state index < -0.39 is 5.60 Å². The van der Waals surface area contributed by atoms with E-state index in [4.69, 9.17) is 18.6 Å². The van der Waals surface area contributed by atoms with Crippen LogP contribution < -0.4 is 15.0 Å². The van der Waals surface area contributed by atoms with Crippen LogP contribution in [-0.2, 0) is 18.2 Å². The number of carbonyl (C=O) groups is 1. The van der Waals surface area contributed by atoms with Crippen LogP contribution in [0.3, 0.4) is 0 Å². The smallest absolute Gasteiger partial charge is 0.410 e. The first-order chi connectivity index (χ1) is 19.0. The molecule has 2 aromatic heterocycles. The predicted molar refractivity (Wildman–Crippen MR) is 159 cm³/mol. The third kappa shape index (κ3) is 7.83. The summed E-state index contributed by atoms with van der Waals surface area (Å²) in [6, 6.07) is 7.58. The molecule has 1 unspecified atom stereocenters. The first-order valence-corrected chi connectivity index (χ1v) is 14.3. The van der Waals surface area contributed by atoms with Gasteiger partial charge in [0.15, 0.2) is 11.5 Å². The lowest BCUT2D eigenvalue weighted by atomic mass is 9.94. The highest BCUT2D eigenvalue weighted by Gasteiger charge is 2.22. The molecule has 0 saturated carbocycles. The molecule has 8 nitrogen and oxygen atoms in total. The second-order valence-corrected chi connectivity index (χ2v) is 11.4. The Morgan fingerprint density at radius 2 is 1.77 bits per heavy atom. The maximum absolute atomic E-state index is 13.0. The number of aromatic nitrogens is 1. The Labute approximate surface area is 238 Å². The largest absolute Gasteiger partial charge is 0.493 e. The lowest BCUT2D eigenvalue weighted by Crippen LogP contribution is -2.38. The third-order valence-electron chi connectivity index (χ3n) is 7.16. The second kappa shape index (κ2) is 13.8. The van der Waals surface area contributed by atoms with Gasteiger partial charge in [0.1, 0.15) is 16.9 Å². The Morgan fingerprint density at radius 1 is 1.05 bits per heavy atom. The summed E-state index contributed by atoms with van der Waals surface area (Å²) >= 11 is 0. The average Bonchev–Trinajstić information content (AvgIpc) is 3.35. The molecule has 0 saturated heterocycles. The number of benzene rings is 1. The molecule has 0 aliphatic rings. The van der Waals surface area contributed by atoms with Crippen molar-refractivity contribution in [2.75, 3.05) is 27.3 Å². The van der Waals surface area contributed by atoms with Crippen LogP contribution in [0.2, 0.25) is 0 Å². The highest BCUT2D eigenvalue weighted by Crippen LogP contribution is 2.36. The minimum absolute atomic E-state index is 0.0839. The molecule has 1 aromatic carbocycles. The molecule has 0 fully saturated rings. The van der Waals surface area contributed by atoms with Crippen LogP contribution in [0.4, 0.5) is 4.79 Å². The summed E-state index contributed by atoms with van der Waals surface area (Å²) < 4.78 is 24.4. The fraction of sp³-hybridized carbons (Fsp3) is 0.562. The highest BCUT2D eigenvalue weighted by molar-refractivity contribution is 5.92.